The highest BCUT2D eigenvalue weighted by molar-refractivity contribution is 7.18. The molecule has 1 aliphatic heterocycles. The lowest BCUT2D eigenvalue weighted by Crippen LogP contribution is -2.43. The fraction of sp³-hybridized carbons (Fsp3) is 0.200. The van der Waals surface area contributed by atoms with Crippen molar-refractivity contribution < 1.29 is 9.59 Å². The average molecular weight is 413 g/mol. The zero-order valence-electron chi connectivity index (χ0n) is 14.8. The summed E-state index contributed by atoms with van der Waals surface area (Å²) >= 11 is 7.30. The van der Waals surface area contributed by atoms with Crippen LogP contribution in [-0.4, -0.2) is 39.5 Å². The van der Waals surface area contributed by atoms with Crippen LogP contribution in [0.5, 0.6) is 0 Å². The van der Waals surface area contributed by atoms with E-state index in [4.69, 9.17) is 11.6 Å². The predicted octanol–water partition coefficient (Wildman–Crippen LogP) is 4.10. The summed E-state index contributed by atoms with van der Waals surface area (Å²) in [6, 6.07) is 15.9. The van der Waals surface area contributed by atoms with Crippen molar-refractivity contribution in [3.8, 4) is 10.6 Å². The molecule has 1 saturated heterocycles. The first-order valence-corrected chi connectivity index (χ1v) is 10.1. The van der Waals surface area contributed by atoms with E-state index in [0.717, 1.165) is 17.0 Å². The first-order valence-electron chi connectivity index (χ1n) is 8.88. The molecule has 6 nitrogen and oxygen atoms in total. The number of rotatable bonds is 4. The molecule has 8 heteroatoms. The molecule has 1 fully saturated rings. The molecular formula is C20H17ClN4O2S. The predicted molar refractivity (Wildman–Crippen MR) is 109 cm³/mol. The molecule has 2 amide bonds. The van der Waals surface area contributed by atoms with Gasteiger partial charge in [-0.15, -0.1) is 10.2 Å². The number of likely N-dealkylation sites (tertiary alicyclic amines) is 1. The SMILES string of the molecule is O=C(Nc1nnc(-c2ccccc2)s1)C1CCCN1C(=O)c1cccc(Cl)c1. The Balaban J connectivity index is 1.47. The largest absolute Gasteiger partial charge is 0.327 e. The topological polar surface area (TPSA) is 75.2 Å². The molecule has 142 valence electrons. The molecule has 0 saturated carbocycles. The van der Waals surface area contributed by atoms with Crippen molar-refractivity contribution in [2.24, 2.45) is 0 Å². The van der Waals surface area contributed by atoms with E-state index in [2.05, 4.69) is 15.5 Å². The average Bonchev–Trinajstić information content (AvgIpc) is 3.38. The monoisotopic (exact) mass is 412 g/mol. The van der Waals surface area contributed by atoms with Crippen molar-refractivity contribution in [2.75, 3.05) is 11.9 Å². The molecule has 0 radical (unpaired) electrons. The van der Waals surface area contributed by atoms with E-state index in [-0.39, 0.29) is 11.8 Å². The Kier molecular flexibility index (Phi) is 5.36. The second-order valence-electron chi connectivity index (χ2n) is 6.43. The highest BCUT2D eigenvalue weighted by Crippen LogP contribution is 2.27. The second-order valence-corrected chi connectivity index (χ2v) is 7.85. The first-order chi connectivity index (χ1) is 13.6. The number of amides is 2. The molecule has 3 aromatic rings. The van der Waals surface area contributed by atoms with Gasteiger partial charge in [0, 0.05) is 22.7 Å². The number of anilines is 1. The zero-order chi connectivity index (χ0) is 19.5. The van der Waals surface area contributed by atoms with Crippen molar-refractivity contribution in [1.29, 1.82) is 0 Å². The summed E-state index contributed by atoms with van der Waals surface area (Å²) < 4.78 is 0. The Bertz CT molecular complexity index is 1010. The maximum absolute atomic E-state index is 12.8. The molecule has 1 N–H and O–H groups in total. The highest BCUT2D eigenvalue weighted by atomic mass is 35.5. The van der Waals surface area contributed by atoms with E-state index in [1.165, 1.54) is 11.3 Å². The van der Waals surface area contributed by atoms with Gasteiger partial charge in [0.05, 0.1) is 0 Å². The molecule has 2 aromatic carbocycles. The lowest BCUT2D eigenvalue weighted by molar-refractivity contribution is -0.119. The number of nitrogens with zero attached hydrogens (tertiary/aromatic N) is 3. The highest BCUT2D eigenvalue weighted by Gasteiger charge is 2.35. The van der Waals surface area contributed by atoms with Crippen LogP contribution in [0, 0.1) is 0 Å². The van der Waals surface area contributed by atoms with Crippen molar-refractivity contribution in [2.45, 2.75) is 18.9 Å². The molecule has 0 bridgehead atoms. The summed E-state index contributed by atoms with van der Waals surface area (Å²) in [5, 5.41) is 12.6. The molecule has 0 aliphatic carbocycles. The van der Waals surface area contributed by atoms with Gasteiger partial charge >= 0.3 is 0 Å². The molecule has 1 aliphatic rings. The number of carbonyl (C=O) groups excluding carboxylic acids is 2. The third kappa shape index (κ3) is 3.90. The smallest absolute Gasteiger partial charge is 0.254 e. The lowest BCUT2D eigenvalue weighted by Gasteiger charge is -2.23. The van der Waals surface area contributed by atoms with Gasteiger partial charge in [0.15, 0.2) is 0 Å². The van der Waals surface area contributed by atoms with Crippen LogP contribution < -0.4 is 5.32 Å². The van der Waals surface area contributed by atoms with Crippen LogP contribution >= 0.6 is 22.9 Å². The first kappa shape index (κ1) is 18.6. The summed E-state index contributed by atoms with van der Waals surface area (Å²) in [4.78, 5) is 27.2. The molecule has 1 atom stereocenters. The van der Waals surface area contributed by atoms with E-state index in [0.29, 0.717) is 28.7 Å². The van der Waals surface area contributed by atoms with E-state index in [9.17, 15) is 9.59 Å². The Hall–Kier alpha value is -2.77. The van der Waals surface area contributed by atoms with Crippen LogP contribution in [0.15, 0.2) is 54.6 Å². The third-order valence-corrected chi connectivity index (χ3v) is 5.69. The van der Waals surface area contributed by atoms with Gasteiger partial charge in [-0.05, 0) is 31.0 Å². The third-order valence-electron chi connectivity index (χ3n) is 4.56. The van der Waals surface area contributed by atoms with Gasteiger partial charge in [-0.1, -0.05) is 59.3 Å². The van der Waals surface area contributed by atoms with Crippen molar-refractivity contribution >= 4 is 39.9 Å². The van der Waals surface area contributed by atoms with E-state index < -0.39 is 6.04 Å². The van der Waals surface area contributed by atoms with Crippen molar-refractivity contribution in [3.05, 3.63) is 65.2 Å². The van der Waals surface area contributed by atoms with Crippen LogP contribution in [0.3, 0.4) is 0 Å². The van der Waals surface area contributed by atoms with Gasteiger partial charge in [-0.2, -0.15) is 0 Å². The lowest BCUT2D eigenvalue weighted by atomic mass is 10.1. The molecule has 2 heterocycles. The minimum atomic E-state index is -0.532. The Labute approximate surface area is 171 Å². The molecule has 0 spiro atoms. The number of halogens is 1. The summed E-state index contributed by atoms with van der Waals surface area (Å²) in [5.74, 6) is -0.439. The van der Waals surface area contributed by atoms with Crippen molar-refractivity contribution in [1.82, 2.24) is 15.1 Å². The number of aromatic nitrogens is 2. The van der Waals surface area contributed by atoms with Gasteiger partial charge in [-0.25, -0.2) is 0 Å². The standard InChI is InChI=1S/C20H17ClN4O2S/c21-15-9-4-8-14(12-15)19(27)25-11-5-10-16(25)17(26)22-20-24-23-18(28-20)13-6-2-1-3-7-13/h1-4,6-9,12,16H,5,10-11H2,(H,22,24,26). The zero-order valence-corrected chi connectivity index (χ0v) is 16.4. The second kappa shape index (κ2) is 8.08. The van der Waals surface area contributed by atoms with Crippen LogP contribution in [0.1, 0.15) is 23.2 Å². The quantitative estimate of drug-likeness (QED) is 0.699. The van der Waals surface area contributed by atoms with Gasteiger partial charge in [0.1, 0.15) is 11.0 Å². The van der Waals surface area contributed by atoms with Crippen LogP contribution in [0.4, 0.5) is 5.13 Å². The number of hydrogen-bond acceptors (Lipinski definition) is 5. The summed E-state index contributed by atoms with van der Waals surface area (Å²) in [6.45, 7) is 0.537. The normalized spacial score (nSPS) is 16.2. The van der Waals surface area contributed by atoms with E-state index in [1.54, 1.807) is 29.2 Å². The van der Waals surface area contributed by atoms with Crippen molar-refractivity contribution in [3.63, 3.8) is 0 Å². The number of hydrogen-bond donors (Lipinski definition) is 1. The fourth-order valence-electron chi connectivity index (χ4n) is 3.23. The maximum atomic E-state index is 12.8. The Morgan fingerprint density at radius 1 is 1.11 bits per heavy atom. The Morgan fingerprint density at radius 3 is 2.71 bits per heavy atom. The number of benzene rings is 2. The van der Waals surface area contributed by atoms with Gasteiger partial charge in [0.25, 0.3) is 5.91 Å². The molecular weight excluding hydrogens is 396 g/mol. The van der Waals surface area contributed by atoms with Crippen LogP contribution in [-0.2, 0) is 4.79 Å². The number of nitrogens with one attached hydrogen (secondary N) is 1. The van der Waals surface area contributed by atoms with Crippen LogP contribution in [0.2, 0.25) is 5.02 Å². The molecule has 1 unspecified atom stereocenters. The molecule has 1 aromatic heterocycles. The summed E-state index contributed by atoms with van der Waals surface area (Å²) in [5.41, 5.74) is 1.42. The van der Waals surface area contributed by atoms with Gasteiger partial charge < -0.3 is 4.90 Å². The Morgan fingerprint density at radius 2 is 1.93 bits per heavy atom. The summed E-state index contributed by atoms with van der Waals surface area (Å²) in [6.07, 6.45) is 1.39. The van der Waals surface area contributed by atoms with Crippen LogP contribution in [0.25, 0.3) is 10.6 Å². The fourth-order valence-corrected chi connectivity index (χ4v) is 4.17. The van der Waals surface area contributed by atoms with E-state index >= 15 is 0 Å². The van der Waals surface area contributed by atoms with E-state index in [1.807, 2.05) is 30.3 Å². The van der Waals surface area contributed by atoms with Gasteiger partial charge in [-0.3, -0.25) is 14.9 Å². The molecule has 4 rings (SSSR count). The minimum Gasteiger partial charge on any atom is -0.327 e. The molecule has 28 heavy (non-hydrogen) atoms. The van der Waals surface area contributed by atoms with Gasteiger partial charge in [0.2, 0.25) is 11.0 Å². The summed E-state index contributed by atoms with van der Waals surface area (Å²) in [7, 11) is 0. The minimum absolute atomic E-state index is 0.192. The number of carbonyl (C=O) groups is 2. The maximum Gasteiger partial charge on any atom is 0.254 e.